The predicted octanol–water partition coefficient (Wildman–Crippen LogP) is 1.71. The fourth-order valence-electron chi connectivity index (χ4n) is 1.93. The van der Waals surface area contributed by atoms with Gasteiger partial charge in [-0.15, -0.1) is 11.3 Å². The zero-order chi connectivity index (χ0) is 17.7. The highest BCUT2D eigenvalue weighted by atomic mass is 32.2. The second-order valence-electron chi connectivity index (χ2n) is 5.13. The molecule has 0 amide bonds. The van der Waals surface area contributed by atoms with Gasteiger partial charge in [0.05, 0.1) is 6.54 Å². The molecule has 24 heavy (non-hydrogen) atoms. The molecule has 0 bridgehead atoms. The van der Waals surface area contributed by atoms with Crippen LogP contribution in [0.4, 0.5) is 4.39 Å². The highest BCUT2D eigenvalue weighted by molar-refractivity contribution is 7.91. The van der Waals surface area contributed by atoms with Gasteiger partial charge in [-0.3, -0.25) is 4.99 Å². The fourth-order valence-corrected chi connectivity index (χ4v) is 3.65. The topological polar surface area (TPSA) is 96.6 Å². The molecule has 6 nitrogen and oxygen atoms in total. The molecule has 0 unspecified atom stereocenters. The molecule has 0 spiro atoms. The van der Waals surface area contributed by atoms with Gasteiger partial charge in [0.25, 0.3) is 0 Å². The molecule has 1 heterocycles. The number of primary sulfonamides is 1. The first-order chi connectivity index (χ1) is 11.3. The number of nitrogens with two attached hydrogens (primary N) is 1. The van der Waals surface area contributed by atoms with Gasteiger partial charge in [-0.1, -0.05) is 12.1 Å². The maximum absolute atomic E-state index is 13.5. The van der Waals surface area contributed by atoms with Crippen molar-refractivity contribution in [3.63, 3.8) is 0 Å². The van der Waals surface area contributed by atoms with Crippen LogP contribution in [-0.4, -0.2) is 21.4 Å². The third-order valence-electron chi connectivity index (χ3n) is 3.27. The number of sulfonamides is 1. The molecule has 0 saturated heterocycles. The molecule has 0 radical (unpaired) electrons. The van der Waals surface area contributed by atoms with Crippen LogP contribution < -0.4 is 15.8 Å². The van der Waals surface area contributed by atoms with Gasteiger partial charge >= 0.3 is 0 Å². The molecule has 4 N–H and O–H groups in total. The average Bonchev–Trinajstić information content (AvgIpc) is 3.00. The first-order valence-electron chi connectivity index (χ1n) is 7.10. The number of nitrogens with zero attached hydrogens (tertiary/aromatic N) is 1. The van der Waals surface area contributed by atoms with E-state index in [0.29, 0.717) is 24.6 Å². The summed E-state index contributed by atoms with van der Waals surface area (Å²) >= 11 is 1.10. The van der Waals surface area contributed by atoms with Crippen LogP contribution in [0.15, 0.2) is 39.5 Å². The van der Waals surface area contributed by atoms with Gasteiger partial charge in [0.2, 0.25) is 10.0 Å². The number of halogens is 1. The number of hydrogen-bond donors (Lipinski definition) is 3. The lowest BCUT2D eigenvalue weighted by atomic mass is 10.1. The number of guanidine groups is 1. The van der Waals surface area contributed by atoms with Gasteiger partial charge in [0.1, 0.15) is 10.0 Å². The summed E-state index contributed by atoms with van der Waals surface area (Å²) in [5, 5.41) is 11.2. The van der Waals surface area contributed by atoms with Crippen molar-refractivity contribution in [2.75, 3.05) is 7.05 Å². The first kappa shape index (κ1) is 18.4. The van der Waals surface area contributed by atoms with E-state index in [1.54, 1.807) is 26.1 Å². The van der Waals surface area contributed by atoms with Gasteiger partial charge in [-0.05, 0) is 36.2 Å². The smallest absolute Gasteiger partial charge is 0.247 e. The van der Waals surface area contributed by atoms with Crippen LogP contribution in [0, 0.1) is 12.7 Å². The van der Waals surface area contributed by atoms with Crippen molar-refractivity contribution in [3.05, 3.63) is 52.2 Å². The first-order valence-corrected chi connectivity index (χ1v) is 9.47. The summed E-state index contributed by atoms with van der Waals surface area (Å²) in [4.78, 5) is 4.88. The van der Waals surface area contributed by atoms with Crippen LogP contribution in [0.1, 0.15) is 16.0 Å². The number of rotatable bonds is 5. The monoisotopic (exact) mass is 370 g/mol. The third kappa shape index (κ3) is 5.02. The molecular weight excluding hydrogens is 351 g/mol. The molecule has 2 rings (SSSR count). The Morgan fingerprint density at radius 1 is 1.25 bits per heavy atom. The molecule has 0 aliphatic rings. The van der Waals surface area contributed by atoms with Gasteiger partial charge in [0, 0.05) is 18.5 Å². The van der Waals surface area contributed by atoms with Crippen LogP contribution in [0.3, 0.4) is 0 Å². The van der Waals surface area contributed by atoms with Crippen LogP contribution in [0.2, 0.25) is 0 Å². The van der Waals surface area contributed by atoms with Crippen molar-refractivity contribution >= 4 is 27.3 Å². The molecule has 0 saturated carbocycles. The second kappa shape index (κ2) is 7.73. The highest BCUT2D eigenvalue weighted by Crippen LogP contribution is 2.19. The van der Waals surface area contributed by atoms with E-state index in [0.717, 1.165) is 21.8 Å². The summed E-state index contributed by atoms with van der Waals surface area (Å²) in [6.07, 6.45) is 0. The van der Waals surface area contributed by atoms with Crippen molar-refractivity contribution < 1.29 is 12.8 Å². The Bertz CT molecular complexity index is 847. The Labute approximate surface area is 144 Å². The van der Waals surface area contributed by atoms with Crippen molar-refractivity contribution in [2.45, 2.75) is 24.2 Å². The Morgan fingerprint density at radius 2 is 1.96 bits per heavy atom. The quantitative estimate of drug-likeness (QED) is 0.551. The molecule has 0 aliphatic carbocycles. The number of thiophene rings is 1. The minimum Gasteiger partial charge on any atom is -0.352 e. The number of nitrogens with one attached hydrogen (secondary N) is 2. The Hall–Kier alpha value is -1.97. The SMILES string of the molecule is CN=C(NCc1ccc(C)c(F)c1)NCc1ccc(S(N)(=O)=O)s1. The zero-order valence-corrected chi connectivity index (χ0v) is 15.0. The summed E-state index contributed by atoms with van der Waals surface area (Å²) in [7, 11) is -2.05. The van der Waals surface area contributed by atoms with Crippen molar-refractivity contribution in [3.8, 4) is 0 Å². The van der Waals surface area contributed by atoms with E-state index in [1.165, 1.54) is 12.1 Å². The van der Waals surface area contributed by atoms with Gasteiger partial charge in [-0.25, -0.2) is 17.9 Å². The van der Waals surface area contributed by atoms with Gasteiger partial charge < -0.3 is 10.6 Å². The largest absolute Gasteiger partial charge is 0.352 e. The van der Waals surface area contributed by atoms with E-state index in [9.17, 15) is 12.8 Å². The second-order valence-corrected chi connectivity index (χ2v) is 8.09. The lowest BCUT2D eigenvalue weighted by molar-refractivity contribution is 0.599. The van der Waals surface area contributed by atoms with Crippen LogP contribution >= 0.6 is 11.3 Å². The van der Waals surface area contributed by atoms with Crippen LogP contribution in [0.5, 0.6) is 0 Å². The molecule has 2 aromatic rings. The van der Waals surface area contributed by atoms with E-state index in [2.05, 4.69) is 15.6 Å². The maximum Gasteiger partial charge on any atom is 0.247 e. The number of aryl methyl sites for hydroxylation is 1. The van der Waals surface area contributed by atoms with Gasteiger partial charge in [-0.2, -0.15) is 0 Å². The molecular formula is C15H19FN4O2S2. The lowest BCUT2D eigenvalue weighted by Crippen LogP contribution is -2.36. The molecule has 9 heteroatoms. The summed E-state index contributed by atoms with van der Waals surface area (Å²) in [5.41, 5.74) is 1.40. The summed E-state index contributed by atoms with van der Waals surface area (Å²) in [6, 6.07) is 8.22. The van der Waals surface area contributed by atoms with Gasteiger partial charge in [0.15, 0.2) is 5.96 Å². The van der Waals surface area contributed by atoms with Crippen LogP contribution in [-0.2, 0) is 23.1 Å². The summed E-state index contributed by atoms with van der Waals surface area (Å²) < 4.78 is 36.1. The number of benzene rings is 1. The number of hydrogen-bond acceptors (Lipinski definition) is 4. The van der Waals surface area contributed by atoms with E-state index in [-0.39, 0.29) is 10.0 Å². The third-order valence-corrected chi connectivity index (χ3v) is 5.79. The fraction of sp³-hybridized carbons (Fsp3) is 0.267. The molecule has 0 fully saturated rings. The van der Waals surface area contributed by atoms with E-state index in [4.69, 9.17) is 5.14 Å². The standard InChI is InChI=1S/C15H19FN4O2S2/c1-10-3-4-11(7-13(10)16)8-19-15(18-2)20-9-12-5-6-14(23-12)24(17,21)22/h3-7H,8-9H2,1-2H3,(H2,17,21,22)(H2,18,19,20). The Kier molecular flexibility index (Phi) is 5.92. The molecule has 0 atom stereocenters. The molecule has 1 aromatic carbocycles. The molecule has 1 aromatic heterocycles. The normalized spacial score (nSPS) is 12.2. The lowest BCUT2D eigenvalue weighted by Gasteiger charge is -2.11. The maximum atomic E-state index is 13.5. The summed E-state index contributed by atoms with van der Waals surface area (Å²) in [6.45, 7) is 2.54. The Morgan fingerprint density at radius 3 is 2.54 bits per heavy atom. The van der Waals surface area contributed by atoms with E-state index in [1.807, 2.05) is 6.07 Å². The van der Waals surface area contributed by atoms with E-state index >= 15 is 0 Å². The zero-order valence-electron chi connectivity index (χ0n) is 13.3. The molecule has 0 aliphatic heterocycles. The van der Waals surface area contributed by atoms with Crippen molar-refractivity contribution in [1.82, 2.24) is 10.6 Å². The number of aliphatic imine (C=N–C) groups is 1. The minimum atomic E-state index is -3.67. The average molecular weight is 370 g/mol. The molecule has 130 valence electrons. The summed E-state index contributed by atoms with van der Waals surface area (Å²) in [5.74, 6) is 0.285. The Balaban J connectivity index is 1.90. The highest BCUT2D eigenvalue weighted by Gasteiger charge is 2.11. The van der Waals surface area contributed by atoms with Crippen LogP contribution in [0.25, 0.3) is 0 Å². The van der Waals surface area contributed by atoms with Crippen molar-refractivity contribution in [1.29, 1.82) is 0 Å². The predicted molar refractivity (Wildman–Crippen MR) is 93.9 cm³/mol. The van der Waals surface area contributed by atoms with E-state index < -0.39 is 10.0 Å². The minimum absolute atomic E-state index is 0.123. The van der Waals surface area contributed by atoms with Crippen molar-refractivity contribution in [2.24, 2.45) is 10.1 Å².